The van der Waals surface area contributed by atoms with E-state index in [9.17, 15) is 20.3 Å². The summed E-state index contributed by atoms with van der Waals surface area (Å²) in [4.78, 5) is 18.4. The predicted molar refractivity (Wildman–Crippen MR) is 215 cm³/mol. The zero-order valence-corrected chi connectivity index (χ0v) is 33.9. The molecule has 1 fully saturated rings. The molecule has 0 aliphatic carbocycles. The number of hydrogen-bond acceptors (Lipinski definition) is 10. The minimum absolute atomic E-state index is 0.0390. The number of likely N-dealkylation sites (tertiary alicyclic amines) is 1. The van der Waals surface area contributed by atoms with Crippen molar-refractivity contribution < 1.29 is 32.3 Å². The van der Waals surface area contributed by atoms with E-state index in [1.54, 1.807) is 25.3 Å². The molecule has 0 unspecified atom stereocenters. The van der Waals surface area contributed by atoms with Gasteiger partial charge in [0.1, 0.15) is 65.1 Å². The molecule has 1 saturated heterocycles. The van der Waals surface area contributed by atoms with Gasteiger partial charge in [-0.25, -0.2) is 0 Å². The molecule has 4 aromatic rings. The van der Waals surface area contributed by atoms with Gasteiger partial charge in [0.2, 0.25) is 0 Å². The quantitative estimate of drug-likeness (QED) is 0.0676. The van der Waals surface area contributed by atoms with Gasteiger partial charge in [0, 0.05) is 55.8 Å². The van der Waals surface area contributed by atoms with Gasteiger partial charge >= 0.3 is 5.97 Å². The number of carboxylic acids is 1. The van der Waals surface area contributed by atoms with Crippen LogP contribution in [0.3, 0.4) is 0 Å². The molecule has 0 saturated carbocycles. The first-order valence-electron chi connectivity index (χ1n) is 17.8. The SMILES string of the molecule is Cc1c(COc2cc(OCc3cncc(C#N)c3)c(CN[C@@](C)(CO)C(=O)O)c(C)c2Cl)cccc1-c1cccc(OCCCN2CC[C@@H](OI)C2)c1C. The maximum atomic E-state index is 11.9. The lowest BCUT2D eigenvalue weighted by Gasteiger charge is -2.26. The molecule has 3 aromatic carbocycles. The topological polar surface area (TPSA) is 146 Å². The molecule has 0 amide bonds. The van der Waals surface area contributed by atoms with Gasteiger partial charge in [-0.15, -0.1) is 0 Å². The largest absolute Gasteiger partial charge is 0.493 e. The van der Waals surface area contributed by atoms with Crippen molar-refractivity contribution >= 4 is 40.6 Å². The highest BCUT2D eigenvalue weighted by Crippen LogP contribution is 2.39. The highest BCUT2D eigenvalue weighted by atomic mass is 127. The van der Waals surface area contributed by atoms with Crippen molar-refractivity contribution in [2.24, 2.45) is 0 Å². The van der Waals surface area contributed by atoms with Crippen LogP contribution in [0.2, 0.25) is 5.02 Å². The Kier molecular flexibility index (Phi) is 14.5. The molecule has 54 heavy (non-hydrogen) atoms. The number of nitrogens with zero attached hydrogens (tertiary/aromatic N) is 3. The van der Waals surface area contributed by atoms with Gasteiger partial charge in [-0.1, -0.05) is 41.9 Å². The Morgan fingerprint density at radius 2 is 1.78 bits per heavy atom. The number of pyridine rings is 1. The second kappa shape index (κ2) is 19.1. The molecule has 11 nitrogen and oxygen atoms in total. The molecule has 13 heteroatoms. The monoisotopic (exact) mass is 868 g/mol. The van der Waals surface area contributed by atoms with E-state index in [-0.39, 0.29) is 19.8 Å². The number of hydrogen-bond donors (Lipinski definition) is 3. The van der Waals surface area contributed by atoms with Gasteiger partial charge in [-0.2, -0.15) is 5.26 Å². The maximum absolute atomic E-state index is 11.9. The van der Waals surface area contributed by atoms with Crippen LogP contribution in [0, 0.1) is 32.1 Å². The minimum atomic E-state index is -1.59. The number of halogens is 2. The van der Waals surface area contributed by atoms with E-state index in [1.807, 2.05) is 47.3 Å². The van der Waals surface area contributed by atoms with Crippen molar-refractivity contribution in [1.29, 1.82) is 5.26 Å². The van der Waals surface area contributed by atoms with Crippen molar-refractivity contribution in [2.45, 2.75) is 71.9 Å². The Morgan fingerprint density at radius 1 is 1.04 bits per heavy atom. The number of carbonyl (C=O) groups is 1. The van der Waals surface area contributed by atoms with Crippen LogP contribution >= 0.6 is 34.6 Å². The van der Waals surface area contributed by atoms with Gasteiger partial charge in [-0.3, -0.25) is 15.1 Å². The first-order chi connectivity index (χ1) is 26.0. The molecular weight excluding hydrogens is 823 g/mol. The first-order valence-corrected chi connectivity index (χ1v) is 19.1. The molecule has 5 rings (SSSR count). The highest BCUT2D eigenvalue weighted by Gasteiger charge is 2.32. The number of nitriles is 1. The summed E-state index contributed by atoms with van der Waals surface area (Å²) in [6, 6.07) is 17.7. The van der Waals surface area contributed by atoms with Gasteiger partial charge < -0.3 is 32.4 Å². The van der Waals surface area contributed by atoms with Crippen LogP contribution in [0.15, 0.2) is 60.9 Å². The van der Waals surface area contributed by atoms with E-state index < -0.39 is 18.1 Å². The van der Waals surface area contributed by atoms with Crippen molar-refractivity contribution in [3.63, 3.8) is 0 Å². The van der Waals surface area contributed by atoms with Gasteiger partial charge in [0.25, 0.3) is 0 Å². The lowest BCUT2D eigenvalue weighted by molar-refractivity contribution is -0.145. The van der Waals surface area contributed by atoms with Crippen molar-refractivity contribution in [1.82, 2.24) is 15.2 Å². The third-order valence-corrected chi connectivity index (χ3v) is 11.1. The number of aliphatic hydroxyl groups excluding tert-OH is 1. The summed E-state index contributed by atoms with van der Waals surface area (Å²) in [5.74, 6) is 0.467. The average Bonchev–Trinajstić information content (AvgIpc) is 3.65. The number of benzene rings is 3. The van der Waals surface area contributed by atoms with Crippen LogP contribution in [-0.4, -0.2) is 70.6 Å². The number of aromatic nitrogens is 1. The molecule has 286 valence electrons. The minimum Gasteiger partial charge on any atom is -0.493 e. The number of nitrogens with one attached hydrogen (secondary N) is 1. The predicted octanol–water partition coefficient (Wildman–Crippen LogP) is 7.49. The molecule has 0 radical (unpaired) electrons. The Bertz CT molecular complexity index is 1990. The van der Waals surface area contributed by atoms with Gasteiger partial charge in [0.15, 0.2) is 0 Å². The number of aliphatic hydroxyl groups is 1. The van der Waals surface area contributed by atoms with Crippen molar-refractivity contribution in [3.05, 3.63) is 105 Å². The van der Waals surface area contributed by atoms with Gasteiger partial charge in [0.05, 0.1) is 29.9 Å². The smallest absolute Gasteiger partial charge is 0.326 e. The van der Waals surface area contributed by atoms with E-state index in [0.29, 0.717) is 51.5 Å². The molecule has 0 bridgehead atoms. The molecule has 2 atom stereocenters. The molecule has 0 spiro atoms. The van der Waals surface area contributed by atoms with Crippen LogP contribution in [0.1, 0.15) is 58.7 Å². The summed E-state index contributed by atoms with van der Waals surface area (Å²) in [7, 11) is 0. The summed E-state index contributed by atoms with van der Waals surface area (Å²) < 4.78 is 24.4. The zero-order valence-electron chi connectivity index (χ0n) is 31.0. The third kappa shape index (κ3) is 10.0. The average molecular weight is 869 g/mol. The first kappa shape index (κ1) is 41.2. The van der Waals surface area contributed by atoms with Crippen molar-refractivity contribution in [3.8, 4) is 34.4 Å². The van der Waals surface area contributed by atoms with Crippen LogP contribution in [-0.2, 0) is 27.6 Å². The summed E-state index contributed by atoms with van der Waals surface area (Å²) in [6.45, 7) is 10.7. The second-order valence-corrected chi connectivity index (χ2v) is 14.6. The molecule has 2 heterocycles. The second-order valence-electron chi connectivity index (χ2n) is 13.7. The summed E-state index contributed by atoms with van der Waals surface area (Å²) >= 11 is 8.90. The standard InChI is InChI=1S/C41H46ClIN4O7/c1-26-31(8-5-9-33(26)34-10-6-11-36(27(34)2)51-15-7-13-47-14-12-32(22-47)54-43)24-53-38-17-37(52-23-30-16-29(18-44)19-45-20-30)35(28(3)39(38)42)21-46-41(4,25-48)40(49)50/h5-6,8-11,16-17,19-20,32,46,48H,7,12-15,21-25H2,1-4H3,(H,49,50)/t32-,41+/m1/s1. The van der Waals surface area contributed by atoms with E-state index in [0.717, 1.165) is 66.0 Å². The molecule has 1 aromatic heterocycles. The lowest BCUT2D eigenvalue weighted by atomic mass is 9.93. The van der Waals surface area contributed by atoms with Crippen LogP contribution < -0.4 is 19.5 Å². The fourth-order valence-electron chi connectivity index (χ4n) is 6.39. The summed E-state index contributed by atoms with van der Waals surface area (Å²) in [6.07, 6.45) is 5.40. The summed E-state index contributed by atoms with van der Waals surface area (Å²) in [5, 5.41) is 32.1. The molecule has 3 N–H and O–H groups in total. The van der Waals surface area contributed by atoms with Gasteiger partial charge in [-0.05, 0) is 86.1 Å². The van der Waals surface area contributed by atoms with Crippen molar-refractivity contribution in [2.75, 3.05) is 32.8 Å². The van der Waals surface area contributed by atoms with E-state index in [2.05, 4.69) is 47.3 Å². The van der Waals surface area contributed by atoms with E-state index in [1.165, 1.54) is 13.1 Å². The number of carboxylic acid groups (broad SMARTS) is 1. The van der Waals surface area contributed by atoms with E-state index in [4.69, 9.17) is 28.9 Å². The maximum Gasteiger partial charge on any atom is 0.326 e. The van der Waals surface area contributed by atoms with Crippen LogP contribution in [0.5, 0.6) is 17.2 Å². The molecular formula is C41H46ClIN4O7. The Hall–Kier alpha value is -3.97. The lowest BCUT2D eigenvalue weighted by Crippen LogP contribution is -2.52. The van der Waals surface area contributed by atoms with E-state index >= 15 is 0 Å². The van der Waals surface area contributed by atoms with Crippen LogP contribution in [0.25, 0.3) is 11.1 Å². The normalized spacial score (nSPS) is 15.4. The Morgan fingerprint density at radius 3 is 2.48 bits per heavy atom. The Balaban J connectivity index is 1.34. The molecule has 1 aliphatic rings. The number of ether oxygens (including phenoxy) is 3. The fraction of sp³-hybridized carbons (Fsp3) is 0.390. The highest BCUT2D eigenvalue weighted by molar-refractivity contribution is 14.1. The summed E-state index contributed by atoms with van der Waals surface area (Å²) in [5.41, 5.74) is 5.97. The number of aliphatic carboxylic acids is 1. The Labute approximate surface area is 335 Å². The third-order valence-electron chi connectivity index (χ3n) is 9.95. The zero-order chi connectivity index (χ0) is 38.8. The fourth-order valence-corrected chi connectivity index (χ4v) is 7.03. The molecule has 1 aliphatic heterocycles. The van der Waals surface area contributed by atoms with Crippen LogP contribution in [0.4, 0.5) is 0 Å². The number of rotatable bonds is 18.